The zero-order chi connectivity index (χ0) is 16.7. The Bertz CT molecular complexity index is 629. The number of nitriles is 1. The number of aliphatic hydroxyl groups excluding tert-OH is 1. The van der Waals surface area contributed by atoms with Crippen LogP contribution in [0.15, 0.2) is 4.79 Å². The molecule has 0 radical (unpaired) electrons. The molecule has 120 valence electrons. The molecule has 1 heterocycles. The predicted octanol–water partition coefficient (Wildman–Crippen LogP) is 0.554. The van der Waals surface area contributed by atoms with Gasteiger partial charge in [-0.05, 0) is 25.3 Å². The summed E-state index contributed by atoms with van der Waals surface area (Å²) in [6, 6.07) is 1.96. The van der Waals surface area contributed by atoms with Crippen molar-refractivity contribution in [2.24, 2.45) is 0 Å². The summed E-state index contributed by atoms with van der Waals surface area (Å²) in [6.45, 7) is 5.46. The highest BCUT2D eigenvalue weighted by Crippen LogP contribution is 2.10. The van der Waals surface area contributed by atoms with Gasteiger partial charge in [-0.2, -0.15) is 10.4 Å². The van der Waals surface area contributed by atoms with E-state index in [9.17, 15) is 14.9 Å². The largest absolute Gasteiger partial charge is 0.464 e. The SMILES string of the molecule is CCc1nn(CCCOC(=O)[C@@H](C)O)c(=O)c(C#N)c1CC. The van der Waals surface area contributed by atoms with Crippen molar-refractivity contribution in [3.05, 3.63) is 27.2 Å². The van der Waals surface area contributed by atoms with E-state index in [0.29, 0.717) is 24.8 Å². The standard InChI is InChI=1S/C15H21N3O4/c1-4-11-12(9-16)14(20)18(17-13(11)5-2)7-6-8-22-15(21)10(3)19/h10,19H,4-8H2,1-3H3/t10-/m1/s1. The van der Waals surface area contributed by atoms with E-state index in [4.69, 9.17) is 9.84 Å². The molecule has 1 aromatic heterocycles. The van der Waals surface area contributed by atoms with E-state index in [0.717, 1.165) is 5.69 Å². The minimum absolute atomic E-state index is 0.0801. The van der Waals surface area contributed by atoms with Crippen molar-refractivity contribution < 1.29 is 14.6 Å². The van der Waals surface area contributed by atoms with Crippen LogP contribution in [-0.2, 0) is 28.9 Å². The molecule has 7 nitrogen and oxygen atoms in total. The number of aliphatic hydroxyl groups is 1. The number of rotatable bonds is 7. The van der Waals surface area contributed by atoms with Gasteiger partial charge in [-0.1, -0.05) is 13.8 Å². The first kappa shape index (κ1) is 17.9. The molecule has 7 heteroatoms. The van der Waals surface area contributed by atoms with Gasteiger partial charge in [0.05, 0.1) is 12.3 Å². The summed E-state index contributed by atoms with van der Waals surface area (Å²) in [5, 5.41) is 22.5. The lowest BCUT2D eigenvalue weighted by atomic mass is 10.0. The van der Waals surface area contributed by atoms with E-state index in [1.807, 2.05) is 19.9 Å². The lowest BCUT2D eigenvalue weighted by Gasteiger charge is -2.12. The van der Waals surface area contributed by atoms with Crippen LogP contribution in [0.2, 0.25) is 0 Å². The van der Waals surface area contributed by atoms with Gasteiger partial charge in [-0.3, -0.25) is 4.79 Å². The van der Waals surface area contributed by atoms with Crippen molar-refractivity contribution in [1.82, 2.24) is 9.78 Å². The van der Waals surface area contributed by atoms with Crippen LogP contribution in [0.1, 0.15) is 44.0 Å². The highest BCUT2D eigenvalue weighted by atomic mass is 16.5. The molecule has 1 aromatic rings. The molecule has 1 atom stereocenters. The number of hydrogen-bond acceptors (Lipinski definition) is 6. The average molecular weight is 307 g/mol. The quantitative estimate of drug-likeness (QED) is 0.582. The summed E-state index contributed by atoms with van der Waals surface area (Å²) in [5.41, 5.74) is 1.15. The van der Waals surface area contributed by atoms with Crippen LogP contribution in [0.25, 0.3) is 0 Å². The molecule has 0 unspecified atom stereocenters. The molecule has 0 bridgehead atoms. The zero-order valence-corrected chi connectivity index (χ0v) is 13.1. The Balaban J connectivity index is 2.86. The topological polar surface area (TPSA) is 105 Å². The Labute approximate surface area is 129 Å². The van der Waals surface area contributed by atoms with Crippen molar-refractivity contribution in [1.29, 1.82) is 5.26 Å². The number of esters is 1. The van der Waals surface area contributed by atoms with Crippen molar-refractivity contribution in [2.45, 2.75) is 52.7 Å². The molecular formula is C15H21N3O4. The minimum atomic E-state index is -1.17. The van der Waals surface area contributed by atoms with E-state index in [1.165, 1.54) is 11.6 Å². The first-order chi connectivity index (χ1) is 10.5. The Morgan fingerprint density at radius 3 is 2.64 bits per heavy atom. The second-order valence-corrected chi connectivity index (χ2v) is 4.84. The molecule has 0 spiro atoms. The van der Waals surface area contributed by atoms with Crippen LogP contribution in [-0.4, -0.2) is 33.6 Å². The van der Waals surface area contributed by atoms with Gasteiger partial charge in [0.1, 0.15) is 17.7 Å². The molecular weight excluding hydrogens is 286 g/mol. The number of aryl methyl sites for hydroxylation is 2. The number of carbonyl (C=O) groups excluding carboxylic acids is 1. The molecule has 0 saturated carbocycles. The van der Waals surface area contributed by atoms with Gasteiger partial charge in [-0.15, -0.1) is 0 Å². The number of carbonyl (C=O) groups is 1. The van der Waals surface area contributed by atoms with Gasteiger partial charge in [-0.25, -0.2) is 9.48 Å². The molecule has 0 aliphatic heterocycles. The third kappa shape index (κ3) is 4.15. The van der Waals surface area contributed by atoms with E-state index in [-0.39, 0.29) is 18.7 Å². The van der Waals surface area contributed by atoms with Gasteiger partial charge in [0.15, 0.2) is 0 Å². The maximum Gasteiger partial charge on any atom is 0.334 e. The van der Waals surface area contributed by atoms with Crippen molar-refractivity contribution in [3.63, 3.8) is 0 Å². The van der Waals surface area contributed by atoms with Crippen molar-refractivity contribution >= 4 is 5.97 Å². The second kappa shape index (κ2) is 8.29. The summed E-state index contributed by atoms with van der Waals surface area (Å²) in [5.74, 6) is -0.700. The maximum absolute atomic E-state index is 12.2. The number of hydrogen-bond donors (Lipinski definition) is 1. The normalized spacial score (nSPS) is 11.8. The van der Waals surface area contributed by atoms with Gasteiger partial charge in [0.25, 0.3) is 5.56 Å². The summed E-state index contributed by atoms with van der Waals surface area (Å²) >= 11 is 0. The Morgan fingerprint density at radius 1 is 1.45 bits per heavy atom. The third-order valence-corrected chi connectivity index (χ3v) is 3.24. The monoisotopic (exact) mass is 307 g/mol. The molecule has 0 fully saturated rings. The van der Waals surface area contributed by atoms with E-state index < -0.39 is 17.6 Å². The van der Waals surface area contributed by atoms with Crippen LogP contribution in [0.4, 0.5) is 0 Å². The van der Waals surface area contributed by atoms with Gasteiger partial charge < -0.3 is 9.84 Å². The first-order valence-electron chi connectivity index (χ1n) is 7.33. The number of aromatic nitrogens is 2. The van der Waals surface area contributed by atoms with Crippen LogP contribution < -0.4 is 5.56 Å². The summed E-state index contributed by atoms with van der Waals surface area (Å²) in [7, 11) is 0. The van der Waals surface area contributed by atoms with E-state index in [2.05, 4.69) is 5.10 Å². The highest BCUT2D eigenvalue weighted by Gasteiger charge is 2.15. The van der Waals surface area contributed by atoms with Crippen molar-refractivity contribution in [2.75, 3.05) is 6.61 Å². The van der Waals surface area contributed by atoms with Gasteiger partial charge in [0.2, 0.25) is 0 Å². The average Bonchev–Trinajstić information content (AvgIpc) is 2.51. The fourth-order valence-corrected chi connectivity index (χ4v) is 2.09. The fourth-order valence-electron chi connectivity index (χ4n) is 2.09. The Morgan fingerprint density at radius 2 is 2.14 bits per heavy atom. The van der Waals surface area contributed by atoms with Crippen LogP contribution >= 0.6 is 0 Å². The lowest BCUT2D eigenvalue weighted by Crippen LogP contribution is -2.29. The molecule has 1 N–H and O–H groups in total. The zero-order valence-electron chi connectivity index (χ0n) is 13.1. The molecule has 0 aliphatic rings. The molecule has 0 saturated heterocycles. The number of nitrogens with zero attached hydrogens (tertiary/aromatic N) is 3. The van der Waals surface area contributed by atoms with E-state index >= 15 is 0 Å². The van der Waals surface area contributed by atoms with Crippen LogP contribution in [0.5, 0.6) is 0 Å². The fraction of sp³-hybridized carbons (Fsp3) is 0.600. The Hall–Kier alpha value is -2.20. The van der Waals surface area contributed by atoms with Crippen LogP contribution in [0.3, 0.4) is 0 Å². The smallest absolute Gasteiger partial charge is 0.334 e. The summed E-state index contributed by atoms with van der Waals surface area (Å²) in [4.78, 5) is 23.3. The third-order valence-electron chi connectivity index (χ3n) is 3.24. The number of ether oxygens (including phenoxy) is 1. The first-order valence-corrected chi connectivity index (χ1v) is 7.33. The summed E-state index contributed by atoms with van der Waals surface area (Å²) < 4.78 is 6.07. The summed E-state index contributed by atoms with van der Waals surface area (Å²) in [6.07, 6.45) is 0.433. The molecule has 0 aromatic carbocycles. The molecule has 22 heavy (non-hydrogen) atoms. The highest BCUT2D eigenvalue weighted by molar-refractivity contribution is 5.73. The maximum atomic E-state index is 12.2. The van der Waals surface area contributed by atoms with Gasteiger partial charge in [0, 0.05) is 13.0 Å². The second-order valence-electron chi connectivity index (χ2n) is 4.84. The Kier molecular flexibility index (Phi) is 6.73. The minimum Gasteiger partial charge on any atom is -0.464 e. The van der Waals surface area contributed by atoms with Crippen LogP contribution in [0, 0.1) is 11.3 Å². The van der Waals surface area contributed by atoms with Gasteiger partial charge >= 0.3 is 5.97 Å². The molecule has 0 aliphatic carbocycles. The predicted molar refractivity (Wildman–Crippen MR) is 79.2 cm³/mol. The molecule has 0 amide bonds. The van der Waals surface area contributed by atoms with Crippen molar-refractivity contribution in [3.8, 4) is 6.07 Å². The molecule has 1 rings (SSSR count). The lowest BCUT2D eigenvalue weighted by molar-refractivity contribution is -0.152. The van der Waals surface area contributed by atoms with E-state index in [1.54, 1.807) is 0 Å².